The summed E-state index contributed by atoms with van der Waals surface area (Å²) in [5.74, 6) is -1.67. The Hall–Kier alpha value is -1.85. The molecule has 1 heterocycles. The van der Waals surface area contributed by atoms with E-state index in [4.69, 9.17) is 5.11 Å². The highest BCUT2D eigenvalue weighted by atomic mass is 16.4. The highest BCUT2D eigenvalue weighted by molar-refractivity contribution is 5.93. The van der Waals surface area contributed by atoms with Gasteiger partial charge in [-0.1, -0.05) is 6.92 Å². The van der Waals surface area contributed by atoms with Gasteiger partial charge >= 0.3 is 5.97 Å². The Morgan fingerprint density at radius 1 is 1.56 bits per heavy atom. The van der Waals surface area contributed by atoms with Crippen molar-refractivity contribution in [2.24, 2.45) is 13.0 Å². The van der Waals surface area contributed by atoms with Crippen LogP contribution in [0.1, 0.15) is 30.0 Å². The Bertz CT molecular complexity index is 453. The molecule has 0 radical (unpaired) electrons. The van der Waals surface area contributed by atoms with Gasteiger partial charge in [0.1, 0.15) is 5.69 Å². The zero-order chi connectivity index (χ0) is 13.9. The van der Waals surface area contributed by atoms with Crippen molar-refractivity contribution in [2.75, 3.05) is 13.1 Å². The lowest BCUT2D eigenvalue weighted by Crippen LogP contribution is -2.37. The second-order valence-corrected chi connectivity index (χ2v) is 4.38. The zero-order valence-electron chi connectivity index (χ0n) is 11.2. The first-order valence-corrected chi connectivity index (χ1v) is 5.89. The van der Waals surface area contributed by atoms with Crippen molar-refractivity contribution in [3.05, 3.63) is 17.5 Å². The van der Waals surface area contributed by atoms with E-state index in [1.807, 2.05) is 13.8 Å². The van der Waals surface area contributed by atoms with Crippen LogP contribution in [0.5, 0.6) is 0 Å². The molecular weight excluding hydrogens is 234 g/mol. The van der Waals surface area contributed by atoms with Gasteiger partial charge in [0.05, 0.1) is 11.6 Å². The Labute approximate surface area is 106 Å². The fraction of sp³-hybridized carbons (Fsp3) is 0.583. The number of nitrogens with zero attached hydrogens (tertiary/aromatic N) is 3. The molecule has 1 rings (SSSR count). The first kappa shape index (κ1) is 14.2. The highest BCUT2D eigenvalue weighted by Gasteiger charge is 2.22. The monoisotopic (exact) mass is 253 g/mol. The third-order valence-electron chi connectivity index (χ3n) is 2.81. The molecule has 6 heteroatoms. The van der Waals surface area contributed by atoms with E-state index in [2.05, 4.69) is 5.10 Å². The number of aliphatic carboxylic acids is 1. The minimum Gasteiger partial charge on any atom is -0.481 e. The van der Waals surface area contributed by atoms with Gasteiger partial charge < -0.3 is 10.0 Å². The molecule has 0 aliphatic heterocycles. The second-order valence-electron chi connectivity index (χ2n) is 4.38. The van der Waals surface area contributed by atoms with Crippen LogP contribution in [0.25, 0.3) is 0 Å². The van der Waals surface area contributed by atoms with Crippen LogP contribution in [0.3, 0.4) is 0 Å². The van der Waals surface area contributed by atoms with E-state index in [-0.39, 0.29) is 12.5 Å². The van der Waals surface area contributed by atoms with E-state index in [0.29, 0.717) is 12.2 Å². The van der Waals surface area contributed by atoms with Gasteiger partial charge in [-0.2, -0.15) is 5.10 Å². The smallest absolute Gasteiger partial charge is 0.308 e. The number of aryl methyl sites for hydroxylation is 2. The molecule has 6 nitrogen and oxygen atoms in total. The molecule has 0 aliphatic rings. The summed E-state index contributed by atoms with van der Waals surface area (Å²) in [5, 5.41) is 13.0. The van der Waals surface area contributed by atoms with Crippen LogP contribution in [-0.2, 0) is 11.8 Å². The Kier molecular flexibility index (Phi) is 4.47. The Morgan fingerprint density at radius 2 is 2.17 bits per heavy atom. The quantitative estimate of drug-likeness (QED) is 0.846. The fourth-order valence-electron chi connectivity index (χ4n) is 1.74. The van der Waals surface area contributed by atoms with Gasteiger partial charge in [-0.05, 0) is 19.9 Å². The third-order valence-corrected chi connectivity index (χ3v) is 2.81. The van der Waals surface area contributed by atoms with Gasteiger partial charge in [-0.25, -0.2) is 0 Å². The highest BCUT2D eigenvalue weighted by Crippen LogP contribution is 2.09. The molecule has 0 bridgehead atoms. The molecule has 1 amide bonds. The fourth-order valence-corrected chi connectivity index (χ4v) is 1.74. The maximum Gasteiger partial charge on any atom is 0.308 e. The van der Waals surface area contributed by atoms with Crippen LogP contribution in [0.2, 0.25) is 0 Å². The normalized spacial score (nSPS) is 12.2. The number of carbonyl (C=O) groups excluding carboxylic acids is 1. The van der Waals surface area contributed by atoms with Crippen molar-refractivity contribution in [1.82, 2.24) is 14.7 Å². The molecule has 0 saturated heterocycles. The third kappa shape index (κ3) is 3.09. The van der Waals surface area contributed by atoms with Crippen LogP contribution in [0.15, 0.2) is 6.07 Å². The molecular formula is C12H19N3O3. The first-order chi connectivity index (χ1) is 8.36. The standard InChI is InChI=1S/C12H19N3O3/c1-5-15(7-8(2)12(17)18)11(16)10-6-9(3)13-14(10)4/h6,8H,5,7H2,1-4H3,(H,17,18). The summed E-state index contributed by atoms with van der Waals surface area (Å²) in [7, 11) is 1.70. The molecule has 0 fully saturated rings. The van der Waals surface area contributed by atoms with Gasteiger partial charge in [0.15, 0.2) is 0 Å². The number of aromatic nitrogens is 2. The minimum absolute atomic E-state index is 0.186. The number of hydrogen-bond donors (Lipinski definition) is 1. The molecule has 1 unspecified atom stereocenters. The molecule has 1 aromatic heterocycles. The van der Waals surface area contributed by atoms with E-state index in [0.717, 1.165) is 5.69 Å². The second kappa shape index (κ2) is 5.66. The summed E-state index contributed by atoms with van der Waals surface area (Å²) in [6, 6.07) is 1.70. The molecule has 1 atom stereocenters. The summed E-state index contributed by atoms with van der Waals surface area (Å²) in [6.07, 6.45) is 0. The van der Waals surface area contributed by atoms with Gasteiger partial charge in [0, 0.05) is 20.1 Å². The van der Waals surface area contributed by atoms with Gasteiger partial charge in [0.25, 0.3) is 5.91 Å². The summed E-state index contributed by atoms with van der Waals surface area (Å²) in [6.45, 7) is 5.91. The molecule has 0 aromatic carbocycles. The van der Waals surface area contributed by atoms with Crippen molar-refractivity contribution in [3.63, 3.8) is 0 Å². The Balaban J connectivity index is 2.86. The topological polar surface area (TPSA) is 75.4 Å². The SMILES string of the molecule is CCN(CC(C)C(=O)O)C(=O)c1cc(C)nn1C. The van der Waals surface area contributed by atoms with E-state index in [1.165, 1.54) is 9.58 Å². The number of rotatable bonds is 5. The van der Waals surface area contributed by atoms with Crippen LogP contribution in [0.4, 0.5) is 0 Å². The summed E-state index contributed by atoms with van der Waals surface area (Å²) in [4.78, 5) is 24.6. The predicted molar refractivity (Wildman–Crippen MR) is 66.3 cm³/mol. The lowest BCUT2D eigenvalue weighted by molar-refractivity contribution is -0.141. The van der Waals surface area contributed by atoms with E-state index in [9.17, 15) is 9.59 Å². The lowest BCUT2D eigenvalue weighted by Gasteiger charge is -2.22. The van der Waals surface area contributed by atoms with Gasteiger partial charge in [-0.3, -0.25) is 14.3 Å². The minimum atomic E-state index is -0.901. The maximum atomic E-state index is 12.2. The van der Waals surface area contributed by atoms with Gasteiger partial charge in [-0.15, -0.1) is 0 Å². The number of carboxylic acids is 1. The number of amides is 1. The van der Waals surface area contributed by atoms with Gasteiger partial charge in [0.2, 0.25) is 0 Å². The number of hydrogen-bond acceptors (Lipinski definition) is 3. The molecule has 100 valence electrons. The number of carboxylic acid groups (broad SMARTS) is 1. The molecule has 0 spiro atoms. The van der Waals surface area contributed by atoms with Crippen molar-refractivity contribution >= 4 is 11.9 Å². The molecule has 0 aliphatic carbocycles. The molecule has 1 N–H and O–H groups in total. The zero-order valence-corrected chi connectivity index (χ0v) is 11.2. The summed E-state index contributed by atoms with van der Waals surface area (Å²) in [5.41, 5.74) is 1.25. The largest absolute Gasteiger partial charge is 0.481 e. The summed E-state index contributed by atoms with van der Waals surface area (Å²) < 4.78 is 1.52. The van der Waals surface area contributed by atoms with E-state index < -0.39 is 11.9 Å². The van der Waals surface area contributed by atoms with Crippen molar-refractivity contribution < 1.29 is 14.7 Å². The van der Waals surface area contributed by atoms with E-state index >= 15 is 0 Å². The first-order valence-electron chi connectivity index (χ1n) is 5.89. The molecule has 1 aromatic rings. The van der Waals surface area contributed by atoms with Crippen LogP contribution < -0.4 is 0 Å². The molecule has 0 saturated carbocycles. The van der Waals surface area contributed by atoms with Crippen LogP contribution >= 0.6 is 0 Å². The van der Waals surface area contributed by atoms with Crippen molar-refractivity contribution in [3.8, 4) is 0 Å². The maximum absolute atomic E-state index is 12.2. The average Bonchev–Trinajstić information content (AvgIpc) is 2.63. The van der Waals surface area contributed by atoms with E-state index in [1.54, 1.807) is 20.0 Å². The van der Waals surface area contributed by atoms with Crippen molar-refractivity contribution in [2.45, 2.75) is 20.8 Å². The lowest BCUT2D eigenvalue weighted by atomic mass is 10.1. The molecule has 18 heavy (non-hydrogen) atoms. The van der Waals surface area contributed by atoms with Crippen LogP contribution in [0, 0.1) is 12.8 Å². The summed E-state index contributed by atoms with van der Waals surface area (Å²) >= 11 is 0. The Morgan fingerprint density at radius 3 is 2.56 bits per heavy atom. The number of carbonyl (C=O) groups is 2. The van der Waals surface area contributed by atoms with Crippen LogP contribution in [-0.4, -0.2) is 44.8 Å². The van der Waals surface area contributed by atoms with Crippen molar-refractivity contribution in [1.29, 1.82) is 0 Å². The predicted octanol–water partition coefficient (Wildman–Crippen LogP) is 0.911. The average molecular weight is 253 g/mol.